The van der Waals surface area contributed by atoms with Gasteiger partial charge in [0.15, 0.2) is 24.7 Å². The lowest BCUT2D eigenvalue weighted by Gasteiger charge is -2.60. The fourth-order valence-corrected chi connectivity index (χ4v) is 14.0. The first-order chi connectivity index (χ1) is 29.9. The number of ether oxygens (including phenoxy) is 8. The SMILES string of the molecule is C[C@@H]1CC[C@@]2(OC1)O[C@H]1C[C@H]3[C@@H]4CC=C5C[C@@H](O[C@@H]6O[C@H](CO)[C@@H](O[C@@H]7O[C@H](CO)[C@@H](O)[C@H](O)[C@H]7O)[C@H](O)[C@H]6O[C@@H]6O[C@@H](C)[C@H](O)[C@@H](O)[C@H]6O)CC[C@]5(C)[C@H]4C[C@H](O)[C@]3(C)[C@H]1[C@@H]2C. The number of hydrogen-bond acceptors (Lipinski definition) is 18. The van der Waals surface area contributed by atoms with Crippen molar-refractivity contribution in [1.29, 1.82) is 0 Å². The van der Waals surface area contributed by atoms with Crippen LogP contribution in [-0.4, -0.2) is 187 Å². The van der Waals surface area contributed by atoms with Crippen LogP contribution in [0.1, 0.15) is 86.0 Å². The number of rotatable bonds is 8. The minimum absolute atomic E-state index is 0.0433. The molecule has 0 radical (unpaired) electrons. The van der Waals surface area contributed by atoms with Gasteiger partial charge in [0.1, 0.15) is 67.1 Å². The molecule has 18 heteroatoms. The van der Waals surface area contributed by atoms with Crippen LogP contribution in [0.15, 0.2) is 11.6 Å². The van der Waals surface area contributed by atoms with Gasteiger partial charge in [0.25, 0.3) is 0 Å². The second-order valence-corrected chi connectivity index (χ2v) is 21.1. The first kappa shape index (κ1) is 47.1. The number of aliphatic hydroxyl groups excluding tert-OH is 10. The van der Waals surface area contributed by atoms with Crippen molar-refractivity contribution in [3.05, 3.63) is 11.6 Å². The Morgan fingerprint density at radius 1 is 0.683 bits per heavy atom. The van der Waals surface area contributed by atoms with E-state index in [0.717, 1.165) is 32.1 Å². The van der Waals surface area contributed by atoms with Crippen LogP contribution in [0.5, 0.6) is 0 Å². The molecule has 5 saturated heterocycles. The van der Waals surface area contributed by atoms with Gasteiger partial charge in [-0.3, -0.25) is 0 Å². The predicted molar refractivity (Wildman–Crippen MR) is 216 cm³/mol. The van der Waals surface area contributed by atoms with E-state index in [-0.39, 0.29) is 40.6 Å². The van der Waals surface area contributed by atoms with Crippen LogP contribution < -0.4 is 0 Å². The van der Waals surface area contributed by atoms with Crippen LogP contribution in [0, 0.1) is 46.3 Å². The molecule has 0 aromatic carbocycles. The molecule has 9 aliphatic rings. The van der Waals surface area contributed by atoms with E-state index in [2.05, 4.69) is 33.8 Å². The van der Waals surface area contributed by atoms with Crippen LogP contribution in [0.4, 0.5) is 0 Å². The van der Waals surface area contributed by atoms with Crippen molar-refractivity contribution < 1.29 is 89.0 Å². The molecule has 1 spiro atoms. The van der Waals surface area contributed by atoms with Gasteiger partial charge in [-0.2, -0.15) is 0 Å². The third-order valence-electron chi connectivity index (χ3n) is 17.8. The molecule has 10 N–H and O–H groups in total. The Morgan fingerprint density at radius 3 is 2.03 bits per heavy atom. The van der Waals surface area contributed by atoms with Crippen molar-refractivity contribution >= 4 is 0 Å². The van der Waals surface area contributed by atoms with Crippen molar-refractivity contribution in [2.24, 2.45) is 46.3 Å². The third kappa shape index (κ3) is 7.62. The first-order valence-electron chi connectivity index (χ1n) is 23.5. The summed E-state index contributed by atoms with van der Waals surface area (Å²) in [6.45, 7) is 9.83. The number of aliphatic hydroxyl groups is 10. The summed E-state index contributed by atoms with van der Waals surface area (Å²) >= 11 is 0. The molecule has 360 valence electrons. The monoisotopic (exact) mass is 900 g/mol. The molecule has 9 rings (SSSR count). The Labute approximate surface area is 368 Å². The van der Waals surface area contributed by atoms with Gasteiger partial charge < -0.3 is 89.0 Å². The molecule has 5 heterocycles. The zero-order chi connectivity index (χ0) is 45.1. The summed E-state index contributed by atoms with van der Waals surface area (Å²) in [4.78, 5) is 0. The van der Waals surface area contributed by atoms with Crippen LogP contribution in [-0.2, 0) is 37.9 Å². The van der Waals surface area contributed by atoms with Gasteiger partial charge in [-0.1, -0.05) is 39.3 Å². The molecular formula is C45H72O18. The molecule has 3 saturated carbocycles. The highest BCUT2D eigenvalue weighted by molar-refractivity contribution is 5.27. The number of fused-ring (bicyclic) bond motifs is 7. The molecule has 8 fully saturated rings. The molecule has 18 nitrogen and oxygen atoms in total. The van der Waals surface area contributed by atoms with Crippen molar-refractivity contribution in [2.75, 3.05) is 19.8 Å². The third-order valence-corrected chi connectivity index (χ3v) is 17.8. The molecule has 5 aliphatic heterocycles. The average Bonchev–Trinajstić information content (AvgIpc) is 3.71. The van der Waals surface area contributed by atoms with E-state index < -0.39 is 123 Å². The summed E-state index contributed by atoms with van der Waals surface area (Å²) < 4.78 is 49.7. The number of hydrogen-bond donors (Lipinski definition) is 10. The molecule has 4 aliphatic carbocycles. The summed E-state index contributed by atoms with van der Waals surface area (Å²) in [5.74, 6) is 1.21. The highest BCUT2D eigenvalue weighted by Crippen LogP contribution is 2.70. The fraction of sp³-hybridized carbons (Fsp3) is 0.956. The van der Waals surface area contributed by atoms with Gasteiger partial charge >= 0.3 is 0 Å². The second-order valence-electron chi connectivity index (χ2n) is 21.1. The van der Waals surface area contributed by atoms with Gasteiger partial charge in [0.05, 0.1) is 44.2 Å². The minimum atomic E-state index is -1.83. The Kier molecular flexibility index (Phi) is 13.1. The van der Waals surface area contributed by atoms with Crippen LogP contribution in [0.25, 0.3) is 0 Å². The van der Waals surface area contributed by atoms with Crippen LogP contribution >= 0.6 is 0 Å². The summed E-state index contributed by atoms with van der Waals surface area (Å²) in [7, 11) is 0. The summed E-state index contributed by atoms with van der Waals surface area (Å²) in [5.41, 5.74) is 0.704. The fourth-order valence-electron chi connectivity index (χ4n) is 14.0. The van der Waals surface area contributed by atoms with Gasteiger partial charge in [-0.05, 0) is 81.0 Å². The summed E-state index contributed by atoms with van der Waals surface area (Å²) in [6.07, 6.45) is -15.6. The van der Waals surface area contributed by atoms with Gasteiger partial charge in [0.2, 0.25) is 0 Å². The topological polar surface area (TPSA) is 276 Å². The van der Waals surface area contributed by atoms with Crippen molar-refractivity contribution in [1.82, 2.24) is 0 Å². The molecule has 0 bridgehead atoms. The minimum Gasteiger partial charge on any atom is -0.394 e. The number of allylic oxidation sites excluding steroid dienone is 1. The van der Waals surface area contributed by atoms with E-state index in [1.165, 1.54) is 12.5 Å². The lowest BCUT2D eigenvalue weighted by atomic mass is 9.46. The first-order valence-corrected chi connectivity index (χ1v) is 23.5. The maximum atomic E-state index is 12.3. The van der Waals surface area contributed by atoms with E-state index in [1.807, 2.05) is 0 Å². The van der Waals surface area contributed by atoms with E-state index in [9.17, 15) is 51.1 Å². The maximum Gasteiger partial charge on any atom is 0.187 e. The molecule has 0 aromatic heterocycles. The largest absolute Gasteiger partial charge is 0.394 e. The van der Waals surface area contributed by atoms with Gasteiger partial charge in [-0.15, -0.1) is 0 Å². The normalized spacial score (nSPS) is 58.1. The Balaban J connectivity index is 0.928. The van der Waals surface area contributed by atoms with E-state index in [0.29, 0.717) is 37.7 Å². The van der Waals surface area contributed by atoms with Gasteiger partial charge in [-0.25, -0.2) is 0 Å². The predicted octanol–water partition coefficient (Wildman–Crippen LogP) is -0.815. The molecule has 0 amide bonds. The van der Waals surface area contributed by atoms with Crippen molar-refractivity contribution in [3.63, 3.8) is 0 Å². The van der Waals surface area contributed by atoms with E-state index >= 15 is 0 Å². The summed E-state index contributed by atoms with van der Waals surface area (Å²) in [6, 6.07) is 0. The zero-order valence-corrected chi connectivity index (χ0v) is 37.0. The Morgan fingerprint density at radius 2 is 1.35 bits per heavy atom. The lowest BCUT2D eigenvalue weighted by molar-refractivity contribution is -0.389. The van der Waals surface area contributed by atoms with Gasteiger partial charge in [0, 0.05) is 23.7 Å². The highest BCUT2D eigenvalue weighted by Gasteiger charge is 2.71. The molecular weight excluding hydrogens is 828 g/mol. The Bertz CT molecular complexity index is 1640. The molecule has 0 unspecified atom stereocenters. The van der Waals surface area contributed by atoms with Crippen LogP contribution in [0.3, 0.4) is 0 Å². The second kappa shape index (κ2) is 17.5. The van der Waals surface area contributed by atoms with Crippen molar-refractivity contribution in [2.45, 2.75) is 202 Å². The Hall–Kier alpha value is -0.980. The van der Waals surface area contributed by atoms with E-state index in [4.69, 9.17) is 37.9 Å². The lowest BCUT2D eigenvalue weighted by Crippen LogP contribution is -2.67. The smallest absolute Gasteiger partial charge is 0.187 e. The van der Waals surface area contributed by atoms with E-state index in [1.54, 1.807) is 0 Å². The molecule has 27 atom stereocenters. The zero-order valence-electron chi connectivity index (χ0n) is 37.0. The summed E-state index contributed by atoms with van der Waals surface area (Å²) in [5, 5.41) is 108. The van der Waals surface area contributed by atoms with Crippen molar-refractivity contribution in [3.8, 4) is 0 Å². The highest BCUT2D eigenvalue weighted by atomic mass is 16.8. The maximum absolute atomic E-state index is 12.3. The quantitative estimate of drug-likeness (QED) is 0.133. The average molecular weight is 901 g/mol. The van der Waals surface area contributed by atoms with Crippen LogP contribution in [0.2, 0.25) is 0 Å². The molecule has 0 aromatic rings. The standard InChI is InChI=1S/C45H72O18/c1-18-8-11-45(56-17-18)19(2)30-26(63-45)13-25-23-7-6-21-12-22(9-10-43(21,4)24(23)14-29(48)44(25,30)5)58-42-39(62-40-35(53)33(51)31(49)20(3)57-40)37(55)38(28(16-47)60-42)61-41-36(54)34(52)32(50)27(15-46)59-41/h6,18-20,22-42,46-55H,7-17H2,1-5H3/t18-,19+,20+,22+,23-,24+,25+,26+,27-,28-,29+,30+,31+,32-,33-,34+,35-,36-,37+,38-,39-,40+,41+,42-,43+,44-,45-/m1/s1. The molecule has 63 heavy (non-hydrogen) atoms.